The third kappa shape index (κ3) is 6.60. The second kappa shape index (κ2) is 13.3. The SMILES string of the molecule is COC(=O)c1ccc(CNC(=O)c2ccc(-n3c(=O)ccc4c(C)nc(N5CCN(c6ccc(C(C)=O)cc6)CC5)nc43)cc2)cc1. The van der Waals surface area contributed by atoms with Gasteiger partial charge in [0.05, 0.1) is 24.1 Å². The number of Topliss-reactive ketones (excluding diaryl/α,β-unsaturated/α-hetero) is 1. The van der Waals surface area contributed by atoms with Crippen molar-refractivity contribution in [1.29, 1.82) is 0 Å². The zero-order valence-electron chi connectivity index (χ0n) is 26.4. The van der Waals surface area contributed by atoms with E-state index in [1.807, 2.05) is 31.2 Å². The third-order valence-corrected chi connectivity index (χ3v) is 8.35. The number of pyridine rings is 1. The fraction of sp³-hybridized carbons (Fsp3) is 0.222. The van der Waals surface area contributed by atoms with Gasteiger partial charge in [-0.1, -0.05) is 12.1 Å². The average molecular weight is 631 g/mol. The number of carbonyl (C=O) groups excluding carboxylic acids is 3. The molecule has 1 saturated heterocycles. The summed E-state index contributed by atoms with van der Waals surface area (Å²) in [6, 6.07) is 24.5. The Bertz CT molecular complexity index is 2010. The lowest BCUT2D eigenvalue weighted by atomic mass is 10.1. The molecule has 0 saturated carbocycles. The Labute approximate surface area is 271 Å². The minimum Gasteiger partial charge on any atom is -0.465 e. The Hall–Kier alpha value is -5.84. The second-order valence-corrected chi connectivity index (χ2v) is 11.3. The van der Waals surface area contributed by atoms with Crippen LogP contribution >= 0.6 is 0 Å². The first-order chi connectivity index (χ1) is 22.7. The Morgan fingerprint density at radius 3 is 1.98 bits per heavy atom. The number of nitrogens with zero attached hydrogens (tertiary/aromatic N) is 5. The van der Waals surface area contributed by atoms with Gasteiger partial charge >= 0.3 is 5.97 Å². The van der Waals surface area contributed by atoms with Crippen molar-refractivity contribution < 1.29 is 19.1 Å². The number of ether oxygens (including phenoxy) is 1. The fourth-order valence-electron chi connectivity index (χ4n) is 5.64. The van der Waals surface area contributed by atoms with Gasteiger partial charge in [-0.2, -0.15) is 4.98 Å². The molecule has 6 rings (SSSR count). The molecule has 1 amide bonds. The molecule has 11 nitrogen and oxygen atoms in total. The number of nitrogens with one attached hydrogen (secondary N) is 1. The van der Waals surface area contributed by atoms with E-state index in [0.717, 1.165) is 35.4 Å². The molecule has 0 unspecified atom stereocenters. The van der Waals surface area contributed by atoms with Crippen LogP contribution < -0.4 is 20.7 Å². The third-order valence-electron chi connectivity index (χ3n) is 8.35. The summed E-state index contributed by atoms with van der Waals surface area (Å²) in [4.78, 5) is 63.5. The quantitative estimate of drug-likeness (QED) is 0.197. The first-order valence-electron chi connectivity index (χ1n) is 15.3. The summed E-state index contributed by atoms with van der Waals surface area (Å²) in [5.74, 6) is -0.0931. The number of benzene rings is 3. The molecular weight excluding hydrogens is 596 g/mol. The number of anilines is 2. The lowest BCUT2D eigenvalue weighted by molar-refractivity contribution is 0.0600. The molecule has 11 heteroatoms. The maximum absolute atomic E-state index is 13.2. The number of hydrogen-bond acceptors (Lipinski definition) is 9. The van der Waals surface area contributed by atoms with E-state index in [4.69, 9.17) is 14.7 Å². The van der Waals surface area contributed by atoms with E-state index < -0.39 is 5.97 Å². The molecule has 238 valence electrons. The number of ketones is 1. The number of aromatic nitrogens is 3. The zero-order chi connectivity index (χ0) is 33.1. The van der Waals surface area contributed by atoms with Gasteiger partial charge in [0.15, 0.2) is 11.4 Å². The highest BCUT2D eigenvalue weighted by molar-refractivity contribution is 5.95. The van der Waals surface area contributed by atoms with Gasteiger partial charge in [-0.05, 0) is 86.1 Å². The summed E-state index contributed by atoms with van der Waals surface area (Å²) in [6.07, 6.45) is 0. The van der Waals surface area contributed by atoms with Gasteiger partial charge in [0.2, 0.25) is 5.95 Å². The van der Waals surface area contributed by atoms with Crippen molar-refractivity contribution in [3.8, 4) is 5.69 Å². The van der Waals surface area contributed by atoms with Crippen molar-refractivity contribution in [3.63, 3.8) is 0 Å². The number of methoxy groups -OCH3 is 1. The van der Waals surface area contributed by atoms with Crippen LogP contribution in [0.2, 0.25) is 0 Å². The summed E-state index contributed by atoms with van der Waals surface area (Å²) in [5.41, 5.74) is 5.06. The number of hydrogen-bond donors (Lipinski definition) is 1. The van der Waals surface area contributed by atoms with Gasteiger partial charge in [-0.15, -0.1) is 0 Å². The molecule has 0 atom stereocenters. The molecule has 2 aromatic heterocycles. The number of piperazine rings is 1. The number of esters is 1. The summed E-state index contributed by atoms with van der Waals surface area (Å²) in [6.45, 7) is 6.64. The van der Waals surface area contributed by atoms with Crippen LogP contribution in [0.4, 0.5) is 11.6 Å². The topological polar surface area (TPSA) is 127 Å². The molecule has 3 aromatic carbocycles. The Morgan fingerprint density at radius 2 is 1.34 bits per heavy atom. The van der Waals surface area contributed by atoms with E-state index in [9.17, 15) is 19.2 Å². The van der Waals surface area contributed by atoms with Gasteiger partial charge in [0, 0.05) is 61.0 Å². The molecule has 5 aromatic rings. The highest BCUT2D eigenvalue weighted by Crippen LogP contribution is 2.24. The largest absolute Gasteiger partial charge is 0.465 e. The van der Waals surface area contributed by atoms with Crippen LogP contribution in [-0.4, -0.2) is 65.5 Å². The monoisotopic (exact) mass is 630 g/mol. The van der Waals surface area contributed by atoms with Crippen molar-refractivity contribution in [3.05, 3.63) is 123 Å². The first kappa shape index (κ1) is 31.2. The van der Waals surface area contributed by atoms with Crippen LogP contribution in [0.5, 0.6) is 0 Å². The summed E-state index contributed by atoms with van der Waals surface area (Å²) in [7, 11) is 1.33. The first-order valence-corrected chi connectivity index (χ1v) is 15.3. The summed E-state index contributed by atoms with van der Waals surface area (Å²) in [5, 5.41) is 3.64. The van der Waals surface area contributed by atoms with Gasteiger partial charge in [0.1, 0.15) is 0 Å². The number of fused-ring (bicyclic) bond motifs is 1. The van der Waals surface area contributed by atoms with Crippen LogP contribution in [0.15, 0.2) is 89.7 Å². The lowest BCUT2D eigenvalue weighted by Gasteiger charge is -2.36. The highest BCUT2D eigenvalue weighted by atomic mass is 16.5. The zero-order valence-corrected chi connectivity index (χ0v) is 26.4. The second-order valence-electron chi connectivity index (χ2n) is 11.3. The van der Waals surface area contributed by atoms with Crippen LogP contribution in [0, 0.1) is 6.92 Å². The van der Waals surface area contributed by atoms with Crippen LogP contribution in [-0.2, 0) is 11.3 Å². The van der Waals surface area contributed by atoms with E-state index >= 15 is 0 Å². The van der Waals surface area contributed by atoms with Crippen molar-refractivity contribution in [1.82, 2.24) is 19.9 Å². The van der Waals surface area contributed by atoms with E-state index in [1.165, 1.54) is 13.2 Å². The number of carbonyl (C=O) groups is 3. The minimum atomic E-state index is -0.419. The highest BCUT2D eigenvalue weighted by Gasteiger charge is 2.22. The van der Waals surface area contributed by atoms with Crippen molar-refractivity contribution in [2.45, 2.75) is 20.4 Å². The predicted molar refractivity (Wildman–Crippen MR) is 180 cm³/mol. The molecule has 0 radical (unpaired) electrons. The molecule has 1 fully saturated rings. The molecular formula is C36H34N6O5. The summed E-state index contributed by atoms with van der Waals surface area (Å²) < 4.78 is 6.27. The Balaban J connectivity index is 1.18. The molecule has 0 spiro atoms. The smallest absolute Gasteiger partial charge is 0.337 e. The van der Waals surface area contributed by atoms with Gasteiger partial charge in [-0.25, -0.2) is 9.78 Å². The lowest BCUT2D eigenvalue weighted by Crippen LogP contribution is -2.47. The van der Waals surface area contributed by atoms with Crippen LogP contribution in [0.3, 0.4) is 0 Å². The number of aryl methyl sites for hydroxylation is 1. The van der Waals surface area contributed by atoms with Crippen molar-refractivity contribution in [2.24, 2.45) is 0 Å². The van der Waals surface area contributed by atoms with E-state index in [-0.39, 0.29) is 23.8 Å². The normalized spacial score (nSPS) is 13.0. The summed E-state index contributed by atoms with van der Waals surface area (Å²) >= 11 is 0. The van der Waals surface area contributed by atoms with Crippen molar-refractivity contribution in [2.75, 3.05) is 43.1 Å². The maximum atomic E-state index is 13.2. The minimum absolute atomic E-state index is 0.0441. The Morgan fingerprint density at radius 1 is 0.745 bits per heavy atom. The van der Waals surface area contributed by atoms with Crippen molar-refractivity contribution >= 4 is 40.3 Å². The van der Waals surface area contributed by atoms with E-state index in [0.29, 0.717) is 47.1 Å². The average Bonchev–Trinajstić information content (AvgIpc) is 3.10. The molecule has 0 bridgehead atoms. The predicted octanol–water partition coefficient (Wildman–Crippen LogP) is 4.33. The maximum Gasteiger partial charge on any atom is 0.337 e. The molecule has 3 heterocycles. The molecule has 0 aliphatic carbocycles. The molecule has 47 heavy (non-hydrogen) atoms. The standard InChI is InChI=1S/C36H34N6O5/c1-23-31-16-17-32(44)42(30-14-10-27(11-15-30)34(45)37-22-25-4-6-28(7-5-25)35(46)47-3)33(31)39-36(38-23)41-20-18-40(19-21-41)29-12-8-26(9-13-29)24(2)43/h4-17H,18-22H2,1-3H3,(H,37,45). The number of rotatable bonds is 8. The van der Waals surface area contributed by atoms with E-state index in [2.05, 4.69) is 15.1 Å². The van der Waals surface area contributed by atoms with Gasteiger partial charge < -0.3 is 19.9 Å². The van der Waals surface area contributed by atoms with E-state index in [1.54, 1.807) is 66.1 Å². The Kier molecular flexibility index (Phi) is 8.79. The van der Waals surface area contributed by atoms with Crippen LogP contribution in [0.1, 0.15) is 49.3 Å². The van der Waals surface area contributed by atoms with Gasteiger partial charge in [-0.3, -0.25) is 19.0 Å². The van der Waals surface area contributed by atoms with Crippen LogP contribution in [0.25, 0.3) is 16.7 Å². The molecule has 1 N–H and O–H groups in total. The molecule has 1 aliphatic rings. The fourth-order valence-corrected chi connectivity index (χ4v) is 5.64. The molecule has 1 aliphatic heterocycles. The number of amides is 1. The van der Waals surface area contributed by atoms with Gasteiger partial charge in [0.25, 0.3) is 11.5 Å².